The lowest BCUT2D eigenvalue weighted by Gasteiger charge is -2.48. The van der Waals surface area contributed by atoms with E-state index in [2.05, 4.69) is 10.2 Å². The van der Waals surface area contributed by atoms with Crippen LogP contribution in [-0.2, 0) is 11.2 Å². The molecule has 0 saturated carbocycles. The molecule has 1 aromatic carbocycles. The van der Waals surface area contributed by atoms with Crippen LogP contribution < -0.4 is 14.8 Å². The first-order valence-electron chi connectivity index (χ1n) is 8.52. The number of methoxy groups -OCH3 is 2. The summed E-state index contributed by atoms with van der Waals surface area (Å²) >= 11 is 0. The molecule has 3 unspecified atom stereocenters. The summed E-state index contributed by atoms with van der Waals surface area (Å²) in [5.41, 5.74) is 2.35. The van der Waals surface area contributed by atoms with Crippen molar-refractivity contribution in [3.05, 3.63) is 23.3 Å². The maximum atomic E-state index is 13.0. The Kier molecular flexibility index (Phi) is 3.68. The van der Waals surface area contributed by atoms with Gasteiger partial charge in [0.05, 0.1) is 26.2 Å². The summed E-state index contributed by atoms with van der Waals surface area (Å²) in [6.45, 7) is 1.80. The summed E-state index contributed by atoms with van der Waals surface area (Å²) in [7, 11) is 3.41. The van der Waals surface area contributed by atoms with E-state index in [0.717, 1.165) is 55.8 Å². The van der Waals surface area contributed by atoms with Crippen LogP contribution in [0.5, 0.6) is 11.5 Å². The minimum atomic E-state index is 0.100. The number of hydrogen-bond donors (Lipinski definition) is 1. The van der Waals surface area contributed by atoms with Crippen LogP contribution in [0.3, 0.4) is 0 Å². The number of amides is 1. The van der Waals surface area contributed by atoms with Crippen LogP contribution in [0.25, 0.3) is 0 Å². The summed E-state index contributed by atoms with van der Waals surface area (Å²) in [4.78, 5) is 15.1. The Morgan fingerprint density at radius 1 is 1.22 bits per heavy atom. The molecule has 3 aliphatic rings. The fraction of sp³-hybridized carbons (Fsp3) is 0.611. The van der Waals surface area contributed by atoms with E-state index in [0.29, 0.717) is 11.9 Å². The van der Waals surface area contributed by atoms with Gasteiger partial charge in [0.2, 0.25) is 5.91 Å². The number of carbonyl (C=O) groups is 1. The zero-order chi connectivity index (χ0) is 16.0. The van der Waals surface area contributed by atoms with Gasteiger partial charge in [-0.25, -0.2) is 0 Å². The zero-order valence-corrected chi connectivity index (χ0v) is 13.8. The van der Waals surface area contributed by atoms with Crippen molar-refractivity contribution in [1.29, 1.82) is 0 Å². The first kappa shape index (κ1) is 14.8. The van der Waals surface area contributed by atoms with E-state index in [9.17, 15) is 4.79 Å². The number of nitrogens with zero attached hydrogens (tertiary/aromatic N) is 1. The van der Waals surface area contributed by atoms with Crippen molar-refractivity contribution >= 4 is 5.91 Å². The summed E-state index contributed by atoms with van der Waals surface area (Å²) < 4.78 is 11.2. The number of carbonyl (C=O) groups excluding carboxylic acids is 1. The second-order valence-corrected chi connectivity index (χ2v) is 6.70. The molecular formula is C18H24N2O3. The maximum Gasteiger partial charge on any atom is 0.227 e. The van der Waals surface area contributed by atoms with Gasteiger partial charge in [0.25, 0.3) is 0 Å². The van der Waals surface area contributed by atoms with Crippen molar-refractivity contribution in [2.24, 2.45) is 5.92 Å². The van der Waals surface area contributed by atoms with Crippen molar-refractivity contribution in [3.8, 4) is 11.5 Å². The second-order valence-electron chi connectivity index (χ2n) is 6.70. The minimum Gasteiger partial charge on any atom is -0.496 e. The highest BCUT2D eigenvalue weighted by Crippen LogP contribution is 2.47. The number of benzene rings is 1. The third kappa shape index (κ3) is 2.21. The van der Waals surface area contributed by atoms with Gasteiger partial charge >= 0.3 is 0 Å². The van der Waals surface area contributed by atoms with Gasteiger partial charge in [0.1, 0.15) is 11.5 Å². The molecule has 0 radical (unpaired) electrons. The Hall–Kier alpha value is -1.75. The molecule has 3 atom stereocenters. The largest absolute Gasteiger partial charge is 0.496 e. The highest BCUT2D eigenvalue weighted by Gasteiger charge is 2.46. The monoisotopic (exact) mass is 316 g/mol. The Bertz CT molecular complexity index is 631. The van der Waals surface area contributed by atoms with Gasteiger partial charge in [-0.1, -0.05) is 0 Å². The summed E-state index contributed by atoms with van der Waals surface area (Å²) in [5.74, 6) is 2.25. The van der Waals surface area contributed by atoms with Gasteiger partial charge in [-0.15, -0.1) is 0 Å². The van der Waals surface area contributed by atoms with Crippen molar-refractivity contribution in [2.75, 3.05) is 27.3 Å². The lowest BCUT2D eigenvalue weighted by molar-refractivity contribution is -0.145. The van der Waals surface area contributed by atoms with E-state index in [1.807, 2.05) is 12.1 Å². The predicted molar refractivity (Wildman–Crippen MR) is 86.8 cm³/mol. The lowest BCUT2D eigenvalue weighted by atomic mass is 9.76. The molecule has 23 heavy (non-hydrogen) atoms. The van der Waals surface area contributed by atoms with Crippen molar-refractivity contribution in [2.45, 2.75) is 37.8 Å². The number of nitrogens with one attached hydrogen (secondary N) is 1. The molecular weight excluding hydrogens is 292 g/mol. The third-order valence-electron chi connectivity index (χ3n) is 5.69. The average Bonchev–Trinajstić information content (AvgIpc) is 2.60. The molecule has 3 aliphatic heterocycles. The Balaban J connectivity index is 1.78. The van der Waals surface area contributed by atoms with Crippen LogP contribution in [0.1, 0.15) is 36.4 Å². The van der Waals surface area contributed by atoms with E-state index >= 15 is 0 Å². The minimum absolute atomic E-state index is 0.100. The number of hydrogen-bond acceptors (Lipinski definition) is 4. The van der Waals surface area contributed by atoms with Gasteiger partial charge in [-0.3, -0.25) is 4.79 Å². The average molecular weight is 316 g/mol. The Labute approximate surface area is 136 Å². The normalized spacial score (nSPS) is 29.4. The molecule has 124 valence electrons. The maximum absolute atomic E-state index is 13.0. The Morgan fingerprint density at radius 3 is 2.78 bits per heavy atom. The molecule has 0 aromatic heterocycles. The molecule has 1 N–H and O–H groups in total. The molecule has 2 fully saturated rings. The number of fused-ring (bicyclic) bond motifs is 4. The number of ether oxygens (including phenoxy) is 2. The van der Waals surface area contributed by atoms with E-state index in [-0.39, 0.29) is 12.0 Å². The van der Waals surface area contributed by atoms with Crippen LogP contribution in [0.15, 0.2) is 12.1 Å². The molecule has 0 aliphatic carbocycles. The fourth-order valence-corrected chi connectivity index (χ4v) is 4.62. The van der Waals surface area contributed by atoms with Gasteiger partial charge < -0.3 is 19.7 Å². The standard InChI is InChI=1S/C18H24N2O3/c1-22-15-5-6-16(23-2)17-12(15)7-9-20-14(17)10-13-11(18(20)21)4-3-8-19-13/h5-6,11,13-14,19H,3-4,7-10H2,1-2H3. The van der Waals surface area contributed by atoms with Crippen molar-refractivity contribution in [1.82, 2.24) is 10.2 Å². The molecule has 3 heterocycles. The van der Waals surface area contributed by atoms with Crippen LogP contribution in [-0.4, -0.2) is 44.2 Å². The van der Waals surface area contributed by atoms with Crippen molar-refractivity contribution < 1.29 is 14.3 Å². The van der Waals surface area contributed by atoms with E-state index < -0.39 is 0 Å². The van der Waals surface area contributed by atoms with Crippen molar-refractivity contribution in [3.63, 3.8) is 0 Å². The smallest absolute Gasteiger partial charge is 0.227 e. The highest BCUT2D eigenvalue weighted by molar-refractivity contribution is 5.82. The molecule has 1 aromatic rings. The molecule has 4 rings (SSSR count). The molecule has 0 bridgehead atoms. The van der Waals surface area contributed by atoms with E-state index in [4.69, 9.17) is 9.47 Å². The molecule has 5 heteroatoms. The molecule has 0 spiro atoms. The number of rotatable bonds is 2. The quantitative estimate of drug-likeness (QED) is 0.905. The van der Waals surface area contributed by atoms with E-state index in [1.54, 1.807) is 14.2 Å². The van der Waals surface area contributed by atoms with Gasteiger partial charge in [0.15, 0.2) is 0 Å². The number of piperidine rings is 2. The first-order chi connectivity index (χ1) is 11.2. The van der Waals surface area contributed by atoms with Crippen LogP contribution in [0.4, 0.5) is 0 Å². The fourth-order valence-electron chi connectivity index (χ4n) is 4.62. The van der Waals surface area contributed by atoms with Crippen LogP contribution in [0, 0.1) is 5.92 Å². The van der Waals surface area contributed by atoms with E-state index in [1.165, 1.54) is 5.56 Å². The Morgan fingerprint density at radius 2 is 2.00 bits per heavy atom. The van der Waals surface area contributed by atoms with Gasteiger partial charge in [-0.05, 0) is 44.4 Å². The zero-order valence-electron chi connectivity index (χ0n) is 13.8. The van der Waals surface area contributed by atoms with Gasteiger partial charge in [0, 0.05) is 23.7 Å². The molecule has 2 saturated heterocycles. The lowest BCUT2D eigenvalue weighted by Crippen LogP contribution is -2.57. The topological polar surface area (TPSA) is 50.8 Å². The summed E-state index contributed by atoms with van der Waals surface area (Å²) in [5, 5.41) is 3.56. The van der Waals surface area contributed by atoms with Crippen LogP contribution >= 0.6 is 0 Å². The SMILES string of the molecule is COc1ccc(OC)c2c1CCN1C(=O)C3CCCNC3CC21. The summed E-state index contributed by atoms with van der Waals surface area (Å²) in [6.07, 6.45) is 3.91. The van der Waals surface area contributed by atoms with Gasteiger partial charge in [-0.2, -0.15) is 0 Å². The third-order valence-corrected chi connectivity index (χ3v) is 5.69. The second kappa shape index (κ2) is 5.71. The first-order valence-corrected chi connectivity index (χ1v) is 8.52. The predicted octanol–water partition coefficient (Wildman–Crippen LogP) is 1.90. The highest BCUT2D eigenvalue weighted by atomic mass is 16.5. The molecule has 1 amide bonds. The molecule has 5 nitrogen and oxygen atoms in total. The van der Waals surface area contributed by atoms with Crippen LogP contribution in [0.2, 0.25) is 0 Å². The summed E-state index contributed by atoms with van der Waals surface area (Å²) in [6, 6.07) is 4.33.